The molecule has 0 saturated carbocycles. The molecule has 4 saturated heterocycles. The van der Waals surface area contributed by atoms with E-state index in [1.54, 1.807) is 89.7 Å². The van der Waals surface area contributed by atoms with E-state index in [2.05, 4.69) is 51.6 Å². The van der Waals surface area contributed by atoms with Gasteiger partial charge in [-0.05, 0) is 98.5 Å². The molecule has 6 heterocycles. The lowest BCUT2D eigenvalue weighted by Crippen LogP contribution is -2.49. The molecule has 4 aliphatic heterocycles. The Kier molecular flexibility index (Phi) is 16.9. The Bertz CT molecular complexity index is 2720. The van der Waals surface area contributed by atoms with E-state index in [4.69, 9.17) is 31.4 Å². The average molecular weight is 1000 g/mol. The van der Waals surface area contributed by atoms with Crippen LogP contribution in [0.15, 0.2) is 72.8 Å². The van der Waals surface area contributed by atoms with Gasteiger partial charge >= 0.3 is 6.03 Å². The third-order valence-electron chi connectivity index (χ3n) is 12.3. The van der Waals surface area contributed by atoms with Crippen LogP contribution in [0.3, 0.4) is 0 Å². The molecule has 4 fully saturated rings. The molecule has 0 bridgehead atoms. The minimum Gasteiger partial charge on any atom is -0.497 e. The summed E-state index contributed by atoms with van der Waals surface area (Å²) in [6.45, 7) is 6.89. The van der Waals surface area contributed by atoms with Crippen LogP contribution in [0, 0.1) is 0 Å². The highest BCUT2D eigenvalue weighted by atomic mass is 16.5. The summed E-state index contributed by atoms with van der Waals surface area (Å²) in [6.07, 6.45) is 3.45. The monoisotopic (exact) mass is 1000 g/mol. The van der Waals surface area contributed by atoms with Gasteiger partial charge in [-0.25, -0.2) is 4.79 Å². The number of urea groups is 1. The lowest BCUT2D eigenvalue weighted by Gasteiger charge is -2.33. The molecule has 0 unspecified atom stereocenters. The molecule has 2 atom stereocenters. The fourth-order valence-corrected chi connectivity index (χ4v) is 8.47. The zero-order valence-corrected chi connectivity index (χ0v) is 40.4. The summed E-state index contributed by atoms with van der Waals surface area (Å²) in [5.74, 6) is 0.116. The maximum Gasteiger partial charge on any atom is 0.319 e. The smallest absolute Gasteiger partial charge is 0.319 e. The molecule has 5 aromatic rings. The molecule has 3 aromatic carbocycles. The predicted molar refractivity (Wildman–Crippen MR) is 269 cm³/mol. The third-order valence-corrected chi connectivity index (χ3v) is 12.3. The molecule has 25 heteroatoms. The van der Waals surface area contributed by atoms with Crippen LogP contribution in [-0.4, -0.2) is 168 Å². The zero-order chi connectivity index (χ0) is 51.3. The summed E-state index contributed by atoms with van der Waals surface area (Å²) in [4.78, 5) is 78.2. The van der Waals surface area contributed by atoms with Crippen LogP contribution in [0.4, 0.5) is 45.4 Å². The number of aromatic nitrogens is 6. The number of nitrogens with two attached hydrogens (primary N) is 3. The van der Waals surface area contributed by atoms with Gasteiger partial charge in [0.15, 0.2) is 23.0 Å². The van der Waals surface area contributed by atoms with Crippen LogP contribution in [-0.2, 0) is 9.47 Å². The van der Waals surface area contributed by atoms with Crippen molar-refractivity contribution < 1.29 is 38.2 Å². The van der Waals surface area contributed by atoms with E-state index in [-0.39, 0.29) is 53.0 Å². The molecule has 6 amide bonds. The van der Waals surface area contributed by atoms with E-state index in [1.165, 1.54) is 0 Å². The number of nitrogens with zero attached hydrogens (tertiary/aromatic N) is 10. The molecule has 73 heavy (non-hydrogen) atoms. The fourth-order valence-electron chi connectivity index (χ4n) is 8.47. The maximum atomic E-state index is 12.8. The van der Waals surface area contributed by atoms with Crippen molar-refractivity contribution in [3.63, 3.8) is 0 Å². The van der Waals surface area contributed by atoms with Gasteiger partial charge in [0.2, 0.25) is 11.9 Å². The van der Waals surface area contributed by atoms with Crippen LogP contribution >= 0.6 is 0 Å². The molecule has 384 valence electrons. The SMILES string of the molecule is COc1ccc(NC(=O)N[C@@H]2CCCN(c3nnc(C(N)=O)c(Nc4ccc(C(=O)N5CCOCC5)cc4)n3)C2)cc1.NC(=O)c1nnc(N2CCC[C@@H](N)C2)nc1Nc1ccc(C(=O)N2CCOCC2)cc1. The van der Waals surface area contributed by atoms with E-state index >= 15 is 0 Å². The van der Waals surface area contributed by atoms with E-state index in [1.807, 2.05) is 9.80 Å². The van der Waals surface area contributed by atoms with Crippen molar-refractivity contribution in [1.82, 2.24) is 45.5 Å². The van der Waals surface area contributed by atoms with E-state index in [9.17, 15) is 24.0 Å². The van der Waals surface area contributed by atoms with Gasteiger partial charge in [0.1, 0.15) is 5.75 Å². The second kappa shape index (κ2) is 24.2. The van der Waals surface area contributed by atoms with E-state index < -0.39 is 11.8 Å². The summed E-state index contributed by atoms with van der Waals surface area (Å²) >= 11 is 0. The first-order valence-corrected chi connectivity index (χ1v) is 23.9. The number of piperidine rings is 2. The van der Waals surface area contributed by atoms with Crippen molar-refractivity contribution in [2.75, 3.05) is 112 Å². The number of carbonyl (C=O) groups excluding carboxylic acids is 5. The highest BCUT2D eigenvalue weighted by Gasteiger charge is 2.27. The van der Waals surface area contributed by atoms with E-state index in [0.29, 0.717) is 118 Å². The first kappa shape index (κ1) is 51.1. The largest absolute Gasteiger partial charge is 0.497 e. The second-order valence-electron chi connectivity index (χ2n) is 17.5. The first-order valence-electron chi connectivity index (χ1n) is 23.9. The molecule has 0 radical (unpaired) electrons. The Morgan fingerprint density at radius 2 is 1.04 bits per heavy atom. The highest BCUT2D eigenvalue weighted by Crippen LogP contribution is 2.25. The summed E-state index contributed by atoms with van der Waals surface area (Å²) < 4.78 is 15.8. The summed E-state index contributed by atoms with van der Waals surface area (Å²) in [5, 5.41) is 28.2. The van der Waals surface area contributed by atoms with Crippen molar-refractivity contribution in [1.29, 1.82) is 0 Å². The van der Waals surface area contributed by atoms with Gasteiger partial charge in [0, 0.05) is 92.6 Å². The van der Waals surface area contributed by atoms with Gasteiger partial charge in [-0.3, -0.25) is 19.2 Å². The number of anilines is 7. The van der Waals surface area contributed by atoms with Crippen LogP contribution in [0.5, 0.6) is 5.75 Å². The Balaban J connectivity index is 0.000000204. The number of hydrogen-bond acceptors (Lipinski definition) is 19. The number of hydrogen-bond donors (Lipinski definition) is 7. The number of rotatable bonds is 13. The van der Waals surface area contributed by atoms with Crippen LogP contribution in [0.25, 0.3) is 0 Å². The minimum atomic E-state index is -0.781. The highest BCUT2D eigenvalue weighted by molar-refractivity contribution is 5.98. The standard InChI is InChI=1S/C28H33N9O5.C20H26N8O3/c1-41-22-10-8-20(9-11-22)31-28(40)32-21-3-2-12-37(17-21)27-33-25(23(24(29)38)34-35-27)30-19-6-4-18(5-7-19)26(39)36-13-15-42-16-14-36;21-14-2-1-7-28(12-14)20-24-18(16(17(22)29)25-26-20)23-15-5-3-13(4-6-15)19(30)27-8-10-31-11-9-27/h4-11,21H,2-3,12-17H2,1H3,(H2,29,38)(H,30,33,35)(H2,31,32,40);3-6,14H,1-2,7-12,21H2,(H2,22,29)(H,23,24,26)/t21-;14-/m11/s1. The Hall–Kier alpha value is -8.29. The minimum absolute atomic E-state index is 0.0416. The normalized spacial score (nSPS) is 17.8. The van der Waals surface area contributed by atoms with Crippen molar-refractivity contribution >= 4 is 70.3 Å². The van der Waals surface area contributed by atoms with Crippen LogP contribution in [0.2, 0.25) is 0 Å². The van der Waals surface area contributed by atoms with Gasteiger partial charge in [-0.1, -0.05) is 0 Å². The number of carbonyl (C=O) groups is 5. The molecule has 9 rings (SSSR count). The quantitative estimate of drug-likeness (QED) is 0.0888. The molecule has 10 N–H and O–H groups in total. The van der Waals surface area contributed by atoms with Crippen LogP contribution in [0.1, 0.15) is 67.4 Å². The second-order valence-corrected chi connectivity index (χ2v) is 17.5. The summed E-state index contributed by atoms with van der Waals surface area (Å²) in [7, 11) is 1.58. The number of ether oxygens (including phenoxy) is 3. The summed E-state index contributed by atoms with van der Waals surface area (Å²) in [6, 6.07) is 20.4. The number of nitrogens with one attached hydrogen (secondary N) is 4. The van der Waals surface area contributed by atoms with Crippen molar-refractivity contribution in [3.8, 4) is 5.75 Å². The van der Waals surface area contributed by atoms with Gasteiger partial charge < -0.3 is 72.3 Å². The lowest BCUT2D eigenvalue weighted by atomic mass is 10.1. The molecule has 4 aliphatic rings. The molecular formula is C48H59N17O8. The predicted octanol–water partition coefficient (Wildman–Crippen LogP) is 2.10. The van der Waals surface area contributed by atoms with Gasteiger partial charge in [0.05, 0.1) is 33.5 Å². The third kappa shape index (κ3) is 13.6. The molecular weight excluding hydrogens is 943 g/mol. The average Bonchev–Trinajstić information content (AvgIpc) is 3.41. The number of amides is 6. The van der Waals surface area contributed by atoms with Crippen LogP contribution < -0.4 is 53.0 Å². The van der Waals surface area contributed by atoms with Crippen molar-refractivity contribution in [3.05, 3.63) is 95.3 Å². The number of morpholine rings is 2. The van der Waals surface area contributed by atoms with E-state index in [0.717, 1.165) is 32.2 Å². The van der Waals surface area contributed by atoms with Gasteiger partial charge in [0.25, 0.3) is 23.6 Å². The zero-order valence-electron chi connectivity index (χ0n) is 40.4. The lowest BCUT2D eigenvalue weighted by molar-refractivity contribution is 0.0301. The topological polar surface area (TPSA) is 330 Å². The van der Waals surface area contributed by atoms with Gasteiger partial charge in [-0.2, -0.15) is 9.97 Å². The maximum absolute atomic E-state index is 12.8. The summed E-state index contributed by atoms with van der Waals surface area (Å²) in [5.41, 5.74) is 19.9. The fraction of sp³-hybridized carbons (Fsp3) is 0.396. The Labute approximate surface area is 420 Å². The molecule has 0 spiro atoms. The molecule has 25 nitrogen and oxygen atoms in total. The number of primary amides is 2. The number of methoxy groups -OCH3 is 1. The van der Waals surface area contributed by atoms with Crippen molar-refractivity contribution in [2.45, 2.75) is 37.8 Å². The number of benzene rings is 3. The molecule has 0 aliphatic carbocycles. The molecule has 2 aromatic heterocycles. The first-order chi connectivity index (χ1) is 35.4. The van der Waals surface area contributed by atoms with Gasteiger partial charge in [-0.15, -0.1) is 20.4 Å². The Morgan fingerprint density at radius 1 is 0.589 bits per heavy atom. The Morgan fingerprint density at radius 3 is 1.49 bits per heavy atom. The van der Waals surface area contributed by atoms with Crippen molar-refractivity contribution in [2.24, 2.45) is 17.2 Å².